The summed E-state index contributed by atoms with van der Waals surface area (Å²) in [6, 6.07) is 8.84. The Morgan fingerprint density at radius 1 is 1.42 bits per heavy atom. The van der Waals surface area contributed by atoms with Crippen molar-refractivity contribution in [2.24, 2.45) is 0 Å². The Labute approximate surface area is 71.8 Å². The van der Waals surface area contributed by atoms with Gasteiger partial charge in [0, 0.05) is 5.69 Å². The Morgan fingerprint density at radius 3 is 3.33 bits per heavy atom. The Hall–Kier alpha value is -1.02. The molecule has 0 spiro atoms. The third-order valence-corrected chi connectivity index (χ3v) is 2.51. The van der Waals surface area contributed by atoms with Gasteiger partial charge >= 0.3 is 0 Å². The van der Waals surface area contributed by atoms with Gasteiger partial charge in [-0.1, -0.05) is 18.2 Å². The van der Waals surface area contributed by atoms with Gasteiger partial charge in [0.15, 0.2) is 6.61 Å². The summed E-state index contributed by atoms with van der Waals surface area (Å²) >= 11 is 0. The van der Waals surface area contributed by atoms with Crippen molar-refractivity contribution >= 4 is 5.69 Å². The van der Waals surface area contributed by atoms with Crippen LogP contribution in [0.5, 0.6) is 0 Å². The normalized spacial score (nSPS) is 25.7. The highest BCUT2D eigenvalue weighted by Crippen LogP contribution is 2.35. The van der Waals surface area contributed by atoms with Crippen LogP contribution in [-0.4, -0.2) is 12.8 Å². The van der Waals surface area contributed by atoms with Gasteiger partial charge in [0.2, 0.25) is 0 Å². The predicted octanol–water partition coefficient (Wildman–Crippen LogP) is 1.44. The molecule has 3 rings (SSSR count). The number of hydrogen-bond donors (Lipinski definition) is 0. The highest BCUT2D eigenvalue weighted by molar-refractivity contribution is 5.60. The van der Waals surface area contributed by atoms with Crippen LogP contribution in [0.1, 0.15) is 5.56 Å². The third-order valence-electron chi connectivity index (χ3n) is 2.51. The van der Waals surface area contributed by atoms with Gasteiger partial charge in [-0.05, 0) is 18.1 Å². The van der Waals surface area contributed by atoms with Gasteiger partial charge in [-0.2, -0.15) is 0 Å². The van der Waals surface area contributed by atoms with Crippen LogP contribution in [-0.2, 0) is 11.2 Å². The van der Waals surface area contributed by atoms with Crippen LogP contribution in [0.3, 0.4) is 0 Å². The minimum atomic E-state index is 0.363. The maximum atomic E-state index is 5.14. The van der Waals surface area contributed by atoms with Gasteiger partial charge in [0.1, 0.15) is 6.73 Å². The second-order valence-corrected chi connectivity index (χ2v) is 3.21. The summed E-state index contributed by atoms with van der Waals surface area (Å²) in [7, 11) is 0. The van der Waals surface area contributed by atoms with E-state index >= 15 is 0 Å². The predicted molar refractivity (Wildman–Crippen MR) is 45.6 cm³/mol. The lowest BCUT2D eigenvalue weighted by atomic mass is 10.1. The first-order valence-corrected chi connectivity index (χ1v) is 4.17. The lowest BCUT2D eigenvalue weighted by Crippen LogP contribution is -2.24. The first-order chi connectivity index (χ1) is 5.95. The molecular weight excluding hydrogens is 150 g/mol. The Balaban J connectivity index is 2.09. The number of ether oxygens (including phenoxy) is 1. The quantitative estimate of drug-likeness (QED) is 0.568. The van der Waals surface area contributed by atoms with Crippen molar-refractivity contribution < 1.29 is 4.74 Å². The fourth-order valence-corrected chi connectivity index (χ4v) is 1.92. The van der Waals surface area contributed by atoms with Crippen molar-refractivity contribution in [2.45, 2.75) is 12.5 Å². The number of rotatable bonds is 0. The van der Waals surface area contributed by atoms with E-state index in [0.717, 1.165) is 6.42 Å². The SMILES string of the molecule is [C]1OCN2c3ccccc3CC12. The second kappa shape index (κ2) is 2.23. The lowest BCUT2D eigenvalue weighted by Gasteiger charge is -2.14. The number of fused-ring (bicyclic) bond motifs is 3. The topological polar surface area (TPSA) is 12.5 Å². The molecule has 2 heterocycles. The van der Waals surface area contributed by atoms with E-state index in [9.17, 15) is 0 Å². The van der Waals surface area contributed by atoms with E-state index in [0.29, 0.717) is 12.8 Å². The molecule has 2 radical (unpaired) electrons. The van der Waals surface area contributed by atoms with E-state index in [-0.39, 0.29) is 0 Å². The van der Waals surface area contributed by atoms with Crippen LogP contribution in [0, 0.1) is 6.61 Å². The van der Waals surface area contributed by atoms with Crippen molar-refractivity contribution in [2.75, 3.05) is 11.6 Å². The fourth-order valence-electron chi connectivity index (χ4n) is 1.92. The van der Waals surface area contributed by atoms with Crippen molar-refractivity contribution in [3.05, 3.63) is 36.4 Å². The van der Waals surface area contributed by atoms with Crippen molar-refractivity contribution in [3.63, 3.8) is 0 Å². The van der Waals surface area contributed by atoms with E-state index in [1.165, 1.54) is 11.3 Å². The standard InChI is InChI=1S/C10H9NO/c1-2-4-10-8(3-1)5-9-6-12-7-11(9)10/h1-4,9H,5,7H2. The average Bonchev–Trinajstić information content (AvgIpc) is 2.62. The summed E-state index contributed by atoms with van der Waals surface area (Å²) in [5, 5.41) is 0. The van der Waals surface area contributed by atoms with Crippen LogP contribution >= 0.6 is 0 Å². The molecule has 0 bridgehead atoms. The minimum Gasteiger partial charge on any atom is -0.346 e. The zero-order chi connectivity index (χ0) is 7.97. The van der Waals surface area contributed by atoms with E-state index in [1.807, 2.05) is 0 Å². The molecule has 2 aliphatic heterocycles. The maximum Gasteiger partial charge on any atom is 0.159 e. The number of benzene rings is 1. The van der Waals surface area contributed by atoms with E-state index < -0.39 is 0 Å². The molecule has 1 unspecified atom stereocenters. The van der Waals surface area contributed by atoms with Crippen LogP contribution in [0.4, 0.5) is 5.69 Å². The summed E-state index contributed by atoms with van der Waals surface area (Å²) in [6.45, 7) is 3.66. The zero-order valence-corrected chi connectivity index (χ0v) is 6.66. The van der Waals surface area contributed by atoms with Crippen LogP contribution in [0.15, 0.2) is 24.3 Å². The molecule has 2 heteroatoms. The van der Waals surface area contributed by atoms with Crippen molar-refractivity contribution in [1.29, 1.82) is 0 Å². The van der Waals surface area contributed by atoms with E-state index in [1.54, 1.807) is 0 Å². The van der Waals surface area contributed by atoms with Gasteiger partial charge < -0.3 is 9.64 Å². The molecule has 0 saturated carbocycles. The number of anilines is 1. The molecule has 12 heavy (non-hydrogen) atoms. The monoisotopic (exact) mass is 159 g/mol. The van der Waals surface area contributed by atoms with Crippen molar-refractivity contribution in [1.82, 2.24) is 0 Å². The molecule has 0 aliphatic carbocycles. The summed E-state index contributed by atoms with van der Waals surface area (Å²) in [6.07, 6.45) is 1.05. The third kappa shape index (κ3) is 0.730. The molecular formula is C10H9NO. The summed E-state index contributed by atoms with van der Waals surface area (Å²) in [4.78, 5) is 2.25. The highest BCUT2D eigenvalue weighted by atomic mass is 16.5. The number of para-hydroxylation sites is 1. The molecule has 2 aliphatic rings. The molecule has 1 fully saturated rings. The van der Waals surface area contributed by atoms with Crippen molar-refractivity contribution in [3.8, 4) is 0 Å². The summed E-state index contributed by atoms with van der Waals surface area (Å²) in [5.41, 5.74) is 2.73. The van der Waals surface area contributed by atoms with Crippen LogP contribution < -0.4 is 4.90 Å². The molecule has 0 amide bonds. The maximum absolute atomic E-state index is 5.14. The lowest BCUT2D eigenvalue weighted by molar-refractivity contribution is 0.251. The zero-order valence-electron chi connectivity index (χ0n) is 6.66. The molecule has 1 atom stereocenters. The second-order valence-electron chi connectivity index (χ2n) is 3.21. The van der Waals surface area contributed by atoms with Gasteiger partial charge in [0.25, 0.3) is 0 Å². The first kappa shape index (κ1) is 6.49. The van der Waals surface area contributed by atoms with E-state index in [4.69, 9.17) is 4.74 Å². The molecule has 2 nitrogen and oxygen atoms in total. The summed E-state index contributed by atoms with van der Waals surface area (Å²) < 4.78 is 5.14. The first-order valence-electron chi connectivity index (χ1n) is 4.17. The molecule has 1 aromatic carbocycles. The fraction of sp³-hybridized carbons (Fsp3) is 0.300. The smallest absolute Gasteiger partial charge is 0.159 e. The summed E-state index contributed by atoms with van der Waals surface area (Å²) in [5.74, 6) is 0. The highest BCUT2D eigenvalue weighted by Gasteiger charge is 2.34. The van der Waals surface area contributed by atoms with Crippen LogP contribution in [0.25, 0.3) is 0 Å². The van der Waals surface area contributed by atoms with Gasteiger partial charge in [-0.25, -0.2) is 0 Å². The molecule has 1 saturated heterocycles. The van der Waals surface area contributed by atoms with E-state index in [2.05, 4.69) is 35.8 Å². The van der Waals surface area contributed by atoms with Gasteiger partial charge in [-0.3, -0.25) is 0 Å². The molecule has 0 aromatic heterocycles. The number of hydrogen-bond acceptors (Lipinski definition) is 2. The Kier molecular flexibility index (Phi) is 1.21. The Bertz CT molecular complexity index is 310. The molecule has 0 N–H and O–H groups in total. The minimum absolute atomic E-state index is 0.363. The largest absolute Gasteiger partial charge is 0.346 e. The van der Waals surface area contributed by atoms with Gasteiger partial charge in [0.05, 0.1) is 6.04 Å². The molecule has 1 aromatic rings. The molecule has 60 valence electrons. The van der Waals surface area contributed by atoms with Crippen LogP contribution in [0.2, 0.25) is 0 Å². The van der Waals surface area contributed by atoms with Gasteiger partial charge in [-0.15, -0.1) is 0 Å². The Morgan fingerprint density at radius 2 is 2.33 bits per heavy atom. The number of nitrogens with zero attached hydrogens (tertiary/aromatic N) is 1. The average molecular weight is 159 g/mol.